The number of ketones is 2. The molecule has 7 heteroatoms. The van der Waals surface area contributed by atoms with Crippen LogP contribution < -0.4 is 0 Å². The Morgan fingerprint density at radius 3 is 2.62 bits per heavy atom. The summed E-state index contributed by atoms with van der Waals surface area (Å²) in [7, 11) is 0. The van der Waals surface area contributed by atoms with E-state index in [1.165, 1.54) is 12.2 Å². The number of esters is 1. The molecule has 0 radical (unpaired) electrons. The largest absolute Gasteiger partial charge is 0.458 e. The van der Waals surface area contributed by atoms with Crippen LogP contribution in [-0.4, -0.2) is 45.9 Å². The first-order valence-corrected chi connectivity index (χ1v) is 12.1. The van der Waals surface area contributed by atoms with E-state index in [9.17, 15) is 19.5 Å². The number of aliphatic hydroxyl groups excluding tert-OH is 1. The maximum atomic E-state index is 17.2. The smallest absolute Gasteiger partial charge is 0.306 e. The van der Waals surface area contributed by atoms with Crippen molar-refractivity contribution >= 4 is 29.1 Å². The van der Waals surface area contributed by atoms with E-state index in [1.54, 1.807) is 26.8 Å². The first-order valence-electron chi connectivity index (χ1n) is 11.5. The summed E-state index contributed by atoms with van der Waals surface area (Å²) in [5, 5.41) is 11.4. The van der Waals surface area contributed by atoms with Gasteiger partial charge in [-0.2, -0.15) is 0 Å². The molecule has 0 aromatic heterocycles. The molecule has 176 valence electrons. The highest BCUT2D eigenvalue weighted by atomic mass is 35.5. The molecule has 32 heavy (non-hydrogen) atoms. The Morgan fingerprint density at radius 2 is 2.00 bits per heavy atom. The molecular weight excluding hydrogens is 435 g/mol. The van der Waals surface area contributed by atoms with Crippen molar-refractivity contribution < 1.29 is 28.6 Å². The van der Waals surface area contributed by atoms with Crippen LogP contribution in [0, 0.1) is 28.6 Å². The molecule has 4 aliphatic carbocycles. The minimum atomic E-state index is -2.05. The van der Waals surface area contributed by atoms with E-state index >= 15 is 4.39 Å². The fourth-order valence-electron chi connectivity index (χ4n) is 7.57. The van der Waals surface area contributed by atoms with Gasteiger partial charge in [-0.3, -0.25) is 14.4 Å². The fraction of sp³-hybridized carbons (Fsp3) is 0.720. The van der Waals surface area contributed by atoms with Crippen LogP contribution in [0.25, 0.3) is 0 Å². The van der Waals surface area contributed by atoms with E-state index in [1.807, 2.05) is 6.92 Å². The zero-order chi connectivity index (χ0) is 23.7. The van der Waals surface area contributed by atoms with E-state index in [-0.39, 0.29) is 36.2 Å². The lowest BCUT2D eigenvalue weighted by Crippen LogP contribution is -2.70. The van der Waals surface area contributed by atoms with Crippen molar-refractivity contribution in [3.8, 4) is 0 Å². The molecule has 5 nitrogen and oxygen atoms in total. The summed E-state index contributed by atoms with van der Waals surface area (Å²) in [6.07, 6.45) is 4.37. The lowest BCUT2D eigenvalue weighted by atomic mass is 9.44. The SMILES string of the molecule is CCC(=O)O[C@@]1(C)[C@H](C)C[C@@H]2[C@H]3CCC4=CC(=O)C=C[C@@]4(C)[C@]3(F)[C@H](O)C[C@]21C(=O)CCl. The highest BCUT2D eigenvalue weighted by Crippen LogP contribution is 2.71. The second kappa shape index (κ2) is 7.49. The first kappa shape index (κ1) is 23.6. The van der Waals surface area contributed by atoms with Gasteiger partial charge in [0.05, 0.1) is 17.4 Å². The molecule has 4 rings (SSSR count). The quantitative estimate of drug-likeness (QED) is 0.498. The third-order valence-corrected chi connectivity index (χ3v) is 9.65. The molecule has 0 saturated heterocycles. The zero-order valence-corrected chi connectivity index (χ0v) is 19.9. The summed E-state index contributed by atoms with van der Waals surface area (Å²) in [5.41, 5.74) is -4.94. The number of ether oxygens (including phenoxy) is 1. The number of hydrogen-bond donors (Lipinski definition) is 1. The lowest BCUT2D eigenvalue weighted by molar-refractivity contribution is -0.226. The van der Waals surface area contributed by atoms with Gasteiger partial charge < -0.3 is 9.84 Å². The Labute approximate surface area is 193 Å². The Kier molecular flexibility index (Phi) is 5.53. The van der Waals surface area contributed by atoms with Gasteiger partial charge in [0, 0.05) is 17.8 Å². The third kappa shape index (κ3) is 2.68. The van der Waals surface area contributed by atoms with Crippen LogP contribution >= 0.6 is 11.6 Å². The van der Waals surface area contributed by atoms with E-state index in [0.29, 0.717) is 24.8 Å². The van der Waals surface area contributed by atoms with Crippen molar-refractivity contribution in [2.45, 2.75) is 77.2 Å². The topological polar surface area (TPSA) is 80.7 Å². The number of halogens is 2. The molecule has 0 spiro atoms. The Balaban J connectivity index is 1.88. The van der Waals surface area contributed by atoms with Crippen molar-refractivity contribution in [2.75, 3.05) is 5.88 Å². The maximum absolute atomic E-state index is 17.2. The summed E-state index contributed by atoms with van der Waals surface area (Å²) in [4.78, 5) is 37.9. The summed E-state index contributed by atoms with van der Waals surface area (Å²) in [5.74, 6) is -2.48. The molecule has 0 aromatic rings. The van der Waals surface area contributed by atoms with Crippen LogP contribution in [0.2, 0.25) is 0 Å². The molecule has 0 unspecified atom stereocenters. The van der Waals surface area contributed by atoms with E-state index < -0.39 is 46.0 Å². The molecule has 3 fully saturated rings. The predicted molar refractivity (Wildman–Crippen MR) is 118 cm³/mol. The third-order valence-electron chi connectivity index (χ3n) is 9.41. The van der Waals surface area contributed by atoms with E-state index in [2.05, 4.69) is 0 Å². The van der Waals surface area contributed by atoms with Crippen molar-refractivity contribution in [1.29, 1.82) is 0 Å². The number of carbonyl (C=O) groups is 3. The number of alkyl halides is 2. The average molecular weight is 467 g/mol. The van der Waals surface area contributed by atoms with Crippen LogP contribution in [0.15, 0.2) is 23.8 Å². The number of aliphatic hydroxyl groups is 1. The predicted octanol–water partition coefficient (Wildman–Crippen LogP) is 4.10. The Bertz CT molecular complexity index is 929. The second-order valence-corrected chi connectivity index (χ2v) is 10.7. The van der Waals surface area contributed by atoms with Crippen molar-refractivity contribution in [1.82, 2.24) is 0 Å². The molecule has 0 bridgehead atoms. The first-order chi connectivity index (χ1) is 14.9. The van der Waals surface area contributed by atoms with Gasteiger partial charge in [-0.15, -0.1) is 11.6 Å². The molecule has 4 aliphatic rings. The molecule has 0 aromatic carbocycles. The summed E-state index contributed by atoms with van der Waals surface area (Å²) in [6.45, 7) is 7.10. The number of hydrogen-bond acceptors (Lipinski definition) is 5. The number of carbonyl (C=O) groups excluding carboxylic acids is 3. The Morgan fingerprint density at radius 1 is 1.31 bits per heavy atom. The van der Waals surface area contributed by atoms with Gasteiger partial charge in [0.25, 0.3) is 0 Å². The summed E-state index contributed by atoms with van der Waals surface area (Å²) < 4.78 is 23.2. The van der Waals surface area contributed by atoms with E-state index in [0.717, 1.165) is 0 Å². The van der Waals surface area contributed by atoms with Crippen LogP contribution in [0.5, 0.6) is 0 Å². The van der Waals surface area contributed by atoms with Gasteiger partial charge in [-0.25, -0.2) is 4.39 Å². The minimum Gasteiger partial charge on any atom is -0.458 e. The van der Waals surface area contributed by atoms with Gasteiger partial charge in [0.15, 0.2) is 17.2 Å². The van der Waals surface area contributed by atoms with Crippen LogP contribution in [0.1, 0.15) is 59.8 Å². The lowest BCUT2D eigenvalue weighted by Gasteiger charge is -2.62. The molecule has 0 amide bonds. The van der Waals surface area contributed by atoms with E-state index in [4.69, 9.17) is 16.3 Å². The second-order valence-electron chi connectivity index (χ2n) is 10.4. The normalized spacial score (nSPS) is 47.2. The molecule has 0 aliphatic heterocycles. The molecule has 8 atom stereocenters. The molecule has 3 saturated carbocycles. The molecule has 0 heterocycles. The maximum Gasteiger partial charge on any atom is 0.306 e. The summed E-state index contributed by atoms with van der Waals surface area (Å²) >= 11 is 6.08. The zero-order valence-electron chi connectivity index (χ0n) is 19.1. The average Bonchev–Trinajstić information content (AvgIpc) is 2.96. The number of rotatable bonds is 4. The number of fused-ring (bicyclic) bond motifs is 5. The van der Waals surface area contributed by atoms with Crippen molar-refractivity contribution in [3.63, 3.8) is 0 Å². The van der Waals surface area contributed by atoms with Gasteiger partial charge in [0.1, 0.15) is 5.60 Å². The van der Waals surface area contributed by atoms with Crippen LogP contribution in [0.3, 0.4) is 0 Å². The van der Waals surface area contributed by atoms with Crippen molar-refractivity contribution in [2.24, 2.45) is 28.6 Å². The van der Waals surface area contributed by atoms with Gasteiger partial charge in [0.2, 0.25) is 0 Å². The minimum absolute atomic E-state index is 0.155. The standard InChI is InChI=1S/C25H32ClFO5/c1-5-21(31)32-23(4)14(2)10-18-17-7-6-15-11-16(28)8-9-22(15,3)25(17,27)19(29)12-24(18,23)20(30)13-26/h8-9,11,14,17-19,29H,5-7,10,12-13H2,1-4H3/t14-,17-,18-,19-,22-,23+,24-,25-/m1/s1. The molecule has 1 N–H and O–H groups in total. The highest BCUT2D eigenvalue weighted by molar-refractivity contribution is 6.28. The highest BCUT2D eigenvalue weighted by Gasteiger charge is 2.77. The van der Waals surface area contributed by atoms with Gasteiger partial charge in [-0.05, 0) is 63.5 Å². The summed E-state index contributed by atoms with van der Waals surface area (Å²) in [6, 6.07) is 0. The molecular formula is C25H32ClFO5. The monoisotopic (exact) mass is 466 g/mol. The number of Topliss-reactive ketones (excluding diaryl/α,β-unsaturated/α-hetero) is 1. The van der Waals surface area contributed by atoms with Crippen LogP contribution in [-0.2, 0) is 19.1 Å². The fourth-order valence-corrected chi connectivity index (χ4v) is 7.81. The number of allylic oxidation sites excluding steroid dienone is 4. The van der Waals surface area contributed by atoms with Crippen LogP contribution in [0.4, 0.5) is 4.39 Å². The van der Waals surface area contributed by atoms with Crippen molar-refractivity contribution in [3.05, 3.63) is 23.8 Å². The van der Waals surface area contributed by atoms with Gasteiger partial charge >= 0.3 is 5.97 Å². The Hall–Kier alpha value is -1.53. The van der Waals surface area contributed by atoms with Gasteiger partial charge in [-0.1, -0.05) is 25.5 Å².